The first kappa shape index (κ1) is 24.1. The van der Waals surface area contributed by atoms with Gasteiger partial charge in [0.05, 0.1) is 20.8 Å². The monoisotopic (exact) mass is 517 g/mol. The standard InChI is InChI=1S/C28H24FN3O2S2/c1-3-18-9-14-24(15-19(18)4-2)36(33,34)32-23-12-7-21(8-13-23)27-28-25(30-17-31-27)16-26(35-28)20-5-10-22(29)11-6-20/h5-17,32H,3-4H2,1-2H3. The number of hydrogen-bond donors (Lipinski definition) is 1. The molecule has 0 atom stereocenters. The van der Waals surface area contributed by atoms with E-state index in [1.807, 2.05) is 31.2 Å². The van der Waals surface area contributed by atoms with E-state index in [4.69, 9.17) is 0 Å². The number of nitrogens with zero attached hydrogens (tertiary/aromatic N) is 2. The van der Waals surface area contributed by atoms with Crippen LogP contribution in [0.15, 0.2) is 84.0 Å². The molecule has 0 radical (unpaired) electrons. The van der Waals surface area contributed by atoms with E-state index >= 15 is 0 Å². The number of halogens is 1. The Balaban J connectivity index is 1.42. The molecule has 0 unspecified atom stereocenters. The first-order chi connectivity index (χ1) is 17.4. The fraction of sp³-hybridized carbons (Fsp3) is 0.143. The van der Waals surface area contributed by atoms with Gasteiger partial charge in [-0.1, -0.05) is 44.2 Å². The van der Waals surface area contributed by atoms with Crippen molar-refractivity contribution in [1.82, 2.24) is 9.97 Å². The van der Waals surface area contributed by atoms with Gasteiger partial charge in [0, 0.05) is 16.1 Å². The molecule has 0 saturated carbocycles. The molecule has 5 aromatic rings. The summed E-state index contributed by atoms with van der Waals surface area (Å²) >= 11 is 1.54. The molecule has 5 rings (SSSR count). The molecule has 36 heavy (non-hydrogen) atoms. The summed E-state index contributed by atoms with van der Waals surface area (Å²) in [6.45, 7) is 4.09. The van der Waals surface area contributed by atoms with Gasteiger partial charge in [0.15, 0.2) is 0 Å². The van der Waals surface area contributed by atoms with Crippen LogP contribution in [0.3, 0.4) is 0 Å². The predicted molar refractivity (Wildman–Crippen MR) is 144 cm³/mol. The molecule has 0 aliphatic rings. The SMILES string of the molecule is CCc1ccc(S(=O)(=O)Nc2ccc(-c3ncnc4cc(-c5ccc(F)cc5)sc34)cc2)cc1CC. The minimum absolute atomic E-state index is 0.255. The lowest BCUT2D eigenvalue weighted by Crippen LogP contribution is -2.13. The van der Waals surface area contributed by atoms with E-state index in [-0.39, 0.29) is 10.7 Å². The molecular weight excluding hydrogens is 493 g/mol. The first-order valence-electron chi connectivity index (χ1n) is 11.6. The molecule has 0 spiro atoms. The van der Waals surface area contributed by atoms with Gasteiger partial charge in [-0.3, -0.25) is 4.72 Å². The van der Waals surface area contributed by atoms with E-state index < -0.39 is 10.0 Å². The fourth-order valence-corrected chi connectivity index (χ4v) is 6.41. The molecular formula is C28H24FN3O2S2. The lowest BCUT2D eigenvalue weighted by atomic mass is 10.0. The number of aromatic nitrogens is 2. The zero-order valence-electron chi connectivity index (χ0n) is 19.8. The van der Waals surface area contributed by atoms with Gasteiger partial charge in [-0.2, -0.15) is 0 Å². The van der Waals surface area contributed by atoms with Crippen LogP contribution in [0.25, 0.3) is 31.9 Å². The topological polar surface area (TPSA) is 72.0 Å². The third kappa shape index (κ3) is 4.74. The van der Waals surface area contributed by atoms with Gasteiger partial charge >= 0.3 is 0 Å². The number of sulfonamides is 1. The van der Waals surface area contributed by atoms with Crippen molar-refractivity contribution in [3.8, 4) is 21.7 Å². The maximum Gasteiger partial charge on any atom is 0.261 e. The number of aryl methyl sites for hydroxylation is 2. The van der Waals surface area contributed by atoms with E-state index in [0.717, 1.165) is 55.9 Å². The predicted octanol–water partition coefficient (Wildman–Crippen LogP) is 7.09. The van der Waals surface area contributed by atoms with Gasteiger partial charge in [-0.25, -0.2) is 22.8 Å². The van der Waals surface area contributed by atoms with E-state index in [2.05, 4.69) is 21.6 Å². The van der Waals surface area contributed by atoms with Crippen LogP contribution in [0.1, 0.15) is 25.0 Å². The zero-order chi connectivity index (χ0) is 25.3. The van der Waals surface area contributed by atoms with Crippen LogP contribution in [0.2, 0.25) is 0 Å². The lowest BCUT2D eigenvalue weighted by Gasteiger charge is -2.12. The average molecular weight is 518 g/mol. The Kier molecular flexibility index (Phi) is 6.55. The van der Waals surface area contributed by atoms with Crippen molar-refractivity contribution in [3.05, 3.63) is 96.1 Å². The molecule has 0 aliphatic heterocycles. The van der Waals surface area contributed by atoms with Crippen LogP contribution < -0.4 is 4.72 Å². The van der Waals surface area contributed by atoms with Crippen molar-refractivity contribution < 1.29 is 12.8 Å². The highest BCUT2D eigenvalue weighted by Gasteiger charge is 2.17. The smallest absolute Gasteiger partial charge is 0.261 e. The van der Waals surface area contributed by atoms with Crippen LogP contribution in [0.5, 0.6) is 0 Å². The van der Waals surface area contributed by atoms with Gasteiger partial charge in [0.25, 0.3) is 10.0 Å². The lowest BCUT2D eigenvalue weighted by molar-refractivity contribution is 0.601. The Morgan fingerprint density at radius 3 is 2.22 bits per heavy atom. The molecule has 0 saturated heterocycles. The van der Waals surface area contributed by atoms with Crippen molar-refractivity contribution in [1.29, 1.82) is 0 Å². The Labute approximate surface area is 213 Å². The summed E-state index contributed by atoms with van der Waals surface area (Å²) in [6, 6.07) is 20.8. The number of anilines is 1. The van der Waals surface area contributed by atoms with E-state index in [1.54, 1.807) is 36.4 Å². The van der Waals surface area contributed by atoms with Crippen LogP contribution in [-0.2, 0) is 22.9 Å². The Hall–Kier alpha value is -3.62. The molecule has 0 fully saturated rings. The molecule has 5 nitrogen and oxygen atoms in total. The summed E-state index contributed by atoms with van der Waals surface area (Å²) in [7, 11) is -3.71. The highest BCUT2D eigenvalue weighted by atomic mass is 32.2. The minimum atomic E-state index is -3.71. The quantitative estimate of drug-likeness (QED) is 0.250. The second-order valence-corrected chi connectivity index (χ2v) is 11.1. The van der Waals surface area contributed by atoms with Gasteiger partial charge in [-0.15, -0.1) is 11.3 Å². The Morgan fingerprint density at radius 2 is 1.53 bits per heavy atom. The molecule has 0 amide bonds. The Morgan fingerprint density at radius 1 is 0.833 bits per heavy atom. The number of rotatable bonds is 7. The van der Waals surface area contributed by atoms with Crippen LogP contribution in [0, 0.1) is 5.82 Å². The van der Waals surface area contributed by atoms with Crippen molar-refractivity contribution in [2.45, 2.75) is 31.6 Å². The van der Waals surface area contributed by atoms with Crippen LogP contribution >= 0.6 is 11.3 Å². The number of nitrogens with one attached hydrogen (secondary N) is 1. The largest absolute Gasteiger partial charge is 0.280 e. The van der Waals surface area contributed by atoms with Crippen molar-refractivity contribution >= 4 is 37.3 Å². The normalized spacial score (nSPS) is 11.6. The summed E-state index contributed by atoms with van der Waals surface area (Å²) in [5.41, 5.74) is 5.99. The summed E-state index contributed by atoms with van der Waals surface area (Å²) in [5, 5.41) is 0. The number of benzene rings is 3. The van der Waals surface area contributed by atoms with Gasteiger partial charge in [-0.05, 0) is 72.0 Å². The average Bonchev–Trinajstić information content (AvgIpc) is 3.33. The summed E-state index contributed by atoms with van der Waals surface area (Å²) < 4.78 is 42.9. The fourth-order valence-electron chi connectivity index (χ4n) is 4.17. The molecule has 2 heterocycles. The third-order valence-corrected chi connectivity index (χ3v) is 8.66. The summed E-state index contributed by atoms with van der Waals surface area (Å²) in [4.78, 5) is 10.1. The van der Waals surface area contributed by atoms with Crippen molar-refractivity contribution in [2.75, 3.05) is 4.72 Å². The summed E-state index contributed by atoms with van der Waals surface area (Å²) in [5.74, 6) is -0.278. The van der Waals surface area contributed by atoms with Crippen LogP contribution in [-0.4, -0.2) is 18.4 Å². The zero-order valence-corrected chi connectivity index (χ0v) is 21.5. The number of hydrogen-bond acceptors (Lipinski definition) is 5. The van der Waals surface area contributed by atoms with Crippen molar-refractivity contribution in [3.63, 3.8) is 0 Å². The maximum atomic E-state index is 13.3. The van der Waals surface area contributed by atoms with E-state index in [1.165, 1.54) is 29.8 Å². The Bertz CT molecular complexity index is 1650. The number of fused-ring (bicyclic) bond motifs is 1. The van der Waals surface area contributed by atoms with Crippen LogP contribution in [0.4, 0.5) is 10.1 Å². The van der Waals surface area contributed by atoms with Gasteiger partial charge in [0.2, 0.25) is 0 Å². The molecule has 182 valence electrons. The second-order valence-electron chi connectivity index (χ2n) is 8.37. The maximum absolute atomic E-state index is 13.3. The minimum Gasteiger partial charge on any atom is -0.280 e. The van der Waals surface area contributed by atoms with E-state index in [0.29, 0.717) is 5.69 Å². The first-order valence-corrected chi connectivity index (χ1v) is 13.9. The van der Waals surface area contributed by atoms with E-state index in [9.17, 15) is 12.8 Å². The molecule has 8 heteroatoms. The molecule has 1 N–H and O–H groups in total. The highest BCUT2D eigenvalue weighted by Crippen LogP contribution is 2.37. The molecule has 3 aromatic carbocycles. The molecule has 2 aromatic heterocycles. The number of thiophene rings is 1. The summed E-state index contributed by atoms with van der Waals surface area (Å²) in [6.07, 6.45) is 3.16. The van der Waals surface area contributed by atoms with Gasteiger partial charge < -0.3 is 0 Å². The third-order valence-electron chi connectivity index (χ3n) is 6.10. The van der Waals surface area contributed by atoms with Gasteiger partial charge in [0.1, 0.15) is 12.1 Å². The second kappa shape index (κ2) is 9.79. The highest BCUT2D eigenvalue weighted by molar-refractivity contribution is 7.92. The molecule has 0 aliphatic carbocycles. The molecule has 0 bridgehead atoms. The van der Waals surface area contributed by atoms with Crippen molar-refractivity contribution in [2.24, 2.45) is 0 Å².